The van der Waals surface area contributed by atoms with E-state index in [1.165, 1.54) is 44.3 Å². The first kappa shape index (κ1) is 17.6. The summed E-state index contributed by atoms with van der Waals surface area (Å²) in [5.41, 5.74) is 1.91. The van der Waals surface area contributed by atoms with Crippen molar-refractivity contribution in [2.45, 2.75) is 78.2 Å². The quantitative estimate of drug-likeness (QED) is 0.632. The maximum absolute atomic E-state index is 6.01. The Hall–Kier alpha value is -0.760. The van der Waals surface area contributed by atoms with E-state index in [4.69, 9.17) is 4.74 Å². The number of likely N-dealkylation sites (N-methyl/N-ethyl adjacent to an activating group) is 1. The Balaban J connectivity index is 1.73. The van der Waals surface area contributed by atoms with Crippen molar-refractivity contribution in [3.8, 4) is 0 Å². The first-order chi connectivity index (χ1) is 10.5. The van der Waals surface area contributed by atoms with Crippen LogP contribution in [0.5, 0.6) is 0 Å². The molecule has 0 bridgehead atoms. The maximum Gasteiger partial charge on any atom is 0.100 e. The highest BCUT2D eigenvalue weighted by Crippen LogP contribution is 2.36. The maximum atomic E-state index is 6.01. The summed E-state index contributed by atoms with van der Waals surface area (Å²) in [6.07, 6.45) is 14.9. The Bertz CT molecular complexity index is 402. The molecule has 0 atom stereocenters. The Morgan fingerprint density at radius 3 is 2.45 bits per heavy atom. The van der Waals surface area contributed by atoms with E-state index in [1.54, 1.807) is 5.57 Å². The first-order valence-corrected chi connectivity index (χ1v) is 9.26. The zero-order valence-corrected chi connectivity index (χ0v) is 15.2. The van der Waals surface area contributed by atoms with Gasteiger partial charge in [0.1, 0.15) is 6.61 Å². The van der Waals surface area contributed by atoms with Crippen molar-refractivity contribution in [2.24, 2.45) is 5.41 Å². The van der Waals surface area contributed by atoms with Crippen molar-refractivity contribution in [1.29, 1.82) is 0 Å². The van der Waals surface area contributed by atoms with E-state index in [2.05, 4.69) is 44.9 Å². The van der Waals surface area contributed by atoms with Crippen LogP contribution in [-0.2, 0) is 4.74 Å². The molecule has 0 N–H and O–H groups in total. The molecule has 1 saturated carbocycles. The molecule has 2 heteroatoms. The van der Waals surface area contributed by atoms with E-state index in [0.29, 0.717) is 5.41 Å². The van der Waals surface area contributed by atoms with E-state index < -0.39 is 0 Å². The highest BCUT2D eigenvalue weighted by molar-refractivity contribution is 5.25. The van der Waals surface area contributed by atoms with Crippen LogP contribution in [0.25, 0.3) is 0 Å². The minimum absolute atomic E-state index is 0.337. The fourth-order valence-electron chi connectivity index (χ4n) is 3.55. The van der Waals surface area contributed by atoms with Gasteiger partial charge < -0.3 is 9.64 Å². The molecule has 0 aromatic rings. The highest BCUT2D eigenvalue weighted by atomic mass is 16.5. The summed E-state index contributed by atoms with van der Waals surface area (Å²) >= 11 is 0. The van der Waals surface area contributed by atoms with Crippen molar-refractivity contribution in [3.63, 3.8) is 0 Å². The van der Waals surface area contributed by atoms with Crippen molar-refractivity contribution in [1.82, 2.24) is 4.90 Å². The number of hydrogen-bond acceptors (Lipinski definition) is 2. The molecule has 22 heavy (non-hydrogen) atoms. The molecule has 0 aromatic carbocycles. The Morgan fingerprint density at radius 2 is 1.86 bits per heavy atom. The average molecular weight is 306 g/mol. The monoisotopic (exact) mass is 305 g/mol. The van der Waals surface area contributed by atoms with E-state index >= 15 is 0 Å². The predicted molar refractivity (Wildman–Crippen MR) is 94.9 cm³/mol. The fourth-order valence-corrected chi connectivity index (χ4v) is 3.55. The minimum Gasteiger partial charge on any atom is -0.497 e. The van der Waals surface area contributed by atoms with Crippen LogP contribution in [-0.4, -0.2) is 31.1 Å². The number of ether oxygens (including phenoxy) is 1. The molecule has 0 radical (unpaired) electrons. The molecule has 0 unspecified atom stereocenters. The molecule has 2 aliphatic carbocycles. The van der Waals surface area contributed by atoms with Crippen molar-refractivity contribution in [3.05, 3.63) is 23.5 Å². The smallest absolute Gasteiger partial charge is 0.100 e. The van der Waals surface area contributed by atoms with Crippen molar-refractivity contribution in [2.75, 3.05) is 20.2 Å². The summed E-state index contributed by atoms with van der Waals surface area (Å²) in [7, 11) is 2.26. The van der Waals surface area contributed by atoms with Gasteiger partial charge in [0, 0.05) is 19.0 Å². The van der Waals surface area contributed by atoms with Crippen molar-refractivity contribution < 1.29 is 4.74 Å². The Kier molecular flexibility index (Phi) is 6.55. The second-order valence-electron chi connectivity index (χ2n) is 7.68. The molecule has 2 nitrogen and oxygen atoms in total. The van der Waals surface area contributed by atoms with E-state index in [9.17, 15) is 0 Å². The number of allylic oxidation sites excluding steroid dienone is 4. The molecule has 0 aromatic heterocycles. The predicted octanol–water partition coefficient (Wildman–Crippen LogP) is 5.31. The third-order valence-electron chi connectivity index (χ3n) is 5.79. The third-order valence-corrected chi connectivity index (χ3v) is 5.79. The molecule has 2 aliphatic rings. The van der Waals surface area contributed by atoms with Gasteiger partial charge in [0.05, 0.1) is 5.76 Å². The molecule has 2 rings (SSSR count). The van der Waals surface area contributed by atoms with Crippen LogP contribution in [0.4, 0.5) is 0 Å². The highest BCUT2D eigenvalue weighted by Gasteiger charge is 2.23. The van der Waals surface area contributed by atoms with E-state index in [-0.39, 0.29) is 0 Å². The molecule has 0 saturated heterocycles. The molecule has 0 aliphatic heterocycles. The number of hydrogen-bond donors (Lipinski definition) is 0. The summed E-state index contributed by atoms with van der Waals surface area (Å²) in [6, 6.07) is 0.787. The lowest BCUT2D eigenvalue weighted by molar-refractivity contribution is 0.125. The molecule has 0 amide bonds. The van der Waals surface area contributed by atoms with E-state index in [1.807, 2.05) is 0 Å². The number of rotatable bonds is 7. The van der Waals surface area contributed by atoms with Crippen LogP contribution in [0.1, 0.15) is 72.1 Å². The van der Waals surface area contributed by atoms with Gasteiger partial charge in [-0.1, -0.05) is 51.7 Å². The van der Waals surface area contributed by atoms with Crippen LogP contribution in [0, 0.1) is 5.41 Å². The van der Waals surface area contributed by atoms with Gasteiger partial charge in [-0.15, -0.1) is 0 Å². The molecule has 1 fully saturated rings. The first-order valence-electron chi connectivity index (χ1n) is 9.26. The van der Waals surface area contributed by atoms with Crippen LogP contribution in [0.15, 0.2) is 23.5 Å². The van der Waals surface area contributed by atoms with E-state index in [0.717, 1.165) is 32.0 Å². The lowest BCUT2D eigenvalue weighted by atomic mass is 9.78. The van der Waals surface area contributed by atoms with Crippen LogP contribution in [0.2, 0.25) is 0 Å². The lowest BCUT2D eigenvalue weighted by Crippen LogP contribution is -2.35. The molecule has 0 spiro atoms. The summed E-state index contributed by atoms with van der Waals surface area (Å²) in [5.74, 6) is 1.17. The second-order valence-corrected chi connectivity index (χ2v) is 7.68. The largest absolute Gasteiger partial charge is 0.497 e. The van der Waals surface area contributed by atoms with Crippen LogP contribution >= 0.6 is 0 Å². The van der Waals surface area contributed by atoms with Gasteiger partial charge in [-0.3, -0.25) is 0 Å². The van der Waals surface area contributed by atoms with Crippen molar-refractivity contribution >= 4 is 0 Å². The molecule has 126 valence electrons. The van der Waals surface area contributed by atoms with Gasteiger partial charge in [0.25, 0.3) is 0 Å². The van der Waals surface area contributed by atoms with Gasteiger partial charge in [-0.05, 0) is 44.2 Å². The van der Waals surface area contributed by atoms with Crippen LogP contribution < -0.4 is 0 Å². The lowest BCUT2D eigenvalue weighted by Gasteiger charge is -2.31. The van der Waals surface area contributed by atoms with Gasteiger partial charge in [-0.25, -0.2) is 0 Å². The molecule has 0 heterocycles. The fraction of sp³-hybridized carbons (Fsp3) is 0.800. The Labute approximate surface area is 137 Å². The van der Waals surface area contributed by atoms with Gasteiger partial charge >= 0.3 is 0 Å². The summed E-state index contributed by atoms with van der Waals surface area (Å²) in [5, 5.41) is 0. The molecular formula is C20H35NO. The minimum atomic E-state index is 0.337. The summed E-state index contributed by atoms with van der Waals surface area (Å²) in [6.45, 7) is 8.85. The van der Waals surface area contributed by atoms with Crippen LogP contribution in [0.3, 0.4) is 0 Å². The third kappa shape index (κ3) is 4.87. The average Bonchev–Trinajstić information content (AvgIpc) is 2.56. The van der Waals surface area contributed by atoms with Gasteiger partial charge in [0.15, 0.2) is 0 Å². The second kappa shape index (κ2) is 8.19. The zero-order chi connectivity index (χ0) is 16.0. The summed E-state index contributed by atoms with van der Waals surface area (Å²) in [4.78, 5) is 2.50. The summed E-state index contributed by atoms with van der Waals surface area (Å²) < 4.78 is 6.01. The SMILES string of the molecule is CCC(C)(C)C1=CC=C(OCCN(C)C2CCCCC2)CC1. The molecular weight excluding hydrogens is 270 g/mol. The standard InChI is InChI=1S/C20H35NO/c1-5-20(2,3)17-11-13-19(14-12-17)22-16-15-21(4)18-9-7-6-8-10-18/h11,13,18H,5-10,12,14-16H2,1-4H3. The van der Waals surface area contributed by atoms with Gasteiger partial charge in [0.2, 0.25) is 0 Å². The topological polar surface area (TPSA) is 12.5 Å². The Morgan fingerprint density at radius 1 is 1.14 bits per heavy atom. The number of nitrogens with zero attached hydrogens (tertiary/aromatic N) is 1. The normalized spacial score (nSPS) is 20.8. The zero-order valence-electron chi connectivity index (χ0n) is 15.2. The van der Waals surface area contributed by atoms with Gasteiger partial charge in [-0.2, -0.15) is 0 Å².